The highest BCUT2D eigenvalue weighted by atomic mass is 19.1. The molecule has 3 heterocycles. The first-order chi connectivity index (χ1) is 14.1. The van der Waals surface area contributed by atoms with Gasteiger partial charge in [0, 0.05) is 48.7 Å². The lowest BCUT2D eigenvalue weighted by molar-refractivity contribution is 0.0330. The molecular weight excluding hydrogens is 373 g/mol. The zero-order valence-electron chi connectivity index (χ0n) is 16.6. The summed E-state index contributed by atoms with van der Waals surface area (Å²) in [7, 11) is 0. The quantitative estimate of drug-likeness (QED) is 0.796. The third-order valence-electron chi connectivity index (χ3n) is 5.37. The van der Waals surface area contributed by atoms with E-state index < -0.39 is 5.82 Å². The van der Waals surface area contributed by atoms with E-state index in [2.05, 4.69) is 11.1 Å². The van der Waals surface area contributed by atoms with Gasteiger partial charge in [-0.25, -0.2) is 9.18 Å². The maximum atomic E-state index is 14.0. The maximum Gasteiger partial charge on any atom is 0.320 e. The van der Waals surface area contributed by atoms with E-state index in [1.807, 2.05) is 28.9 Å². The number of hydrogen-bond donors (Lipinski definition) is 0. The molecule has 2 saturated heterocycles. The van der Waals surface area contributed by atoms with Gasteiger partial charge in [-0.1, -0.05) is 6.07 Å². The van der Waals surface area contributed by atoms with Gasteiger partial charge in [0.05, 0.1) is 19.8 Å². The number of urea groups is 1. The van der Waals surface area contributed by atoms with E-state index in [0.717, 1.165) is 24.1 Å². The third kappa shape index (κ3) is 4.50. The molecule has 1 aromatic heterocycles. The molecule has 1 radical (unpaired) electrons. The van der Waals surface area contributed by atoms with Crippen LogP contribution in [0, 0.1) is 18.8 Å². The summed E-state index contributed by atoms with van der Waals surface area (Å²) in [6, 6.07) is 9.48. The van der Waals surface area contributed by atoms with E-state index in [9.17, 15) is 9.18 Å². The average molecular weight is 398 g/mol. The largest absolute Gasteiger partial charge is 0.488 e. The summed E-state index contributed by atoms with van der Waals surface area (Å²) in [5, 5.41) is 0. The minimum Gasteiger partial charge on any atom is -0.488 e. The fraction of sp³-hybridized carbons (Fsp3) is 0.455. The first kappa shape index (κ1) is 19.6. The number of rotatable bonds is 3. The van der Waals surface area contributed by atoms with Gasteiger partial charge in [-0.05, 0) is 38.0 Å². The SMILES string of the molecule is Cc1ncccc1-c1[c]cc(F)cc1OC1CCCN(C(=O)N2CCOCC2)C1. The smallest absolute Gasteiger partial charge is 0.320 e. The molecule has 1 atom stereocenters. The van der Waals surface area contributed by atoms with E-state index in [0.29, 0.717) is 50.7 Å². The Bertz CT molecular complexity index is 870. The molecule has 0 bridgehead atoms. The molecule has 0 aliphatic carbocycles. The van der Waals surface area contributed by atoms with Crippen LogP contribution in [0.3, 0.4) is 0 Å². The lowest BCUT2D eigenvalue weighted by Crippen LogP contribution is -2.52. The van der Waals surface area contributed by atoms with Crippen molar-refractivity contribution in [3.05, 3.63) is 48.0 Å². The number of pyridine rings is 1. The topological polar surface area (TPSA) is 54.9 Å². The molecule has 6 nitrogen and oxygen atoms in total. The molecule has 1 unspecified atom stereocenters. The molecule has 2 amide bonds. The predicted molar refractivity (Wildman–Crippen MR) is 106 cm³/mol. The number of likely N-dealkylation sites (tertiary alicyclic amines) is 1. The minimum atomic E-state index is -0.401. The maximum absolute atomic E-state index is 14.0. The number of aryl methyl sites for hydroxylation is 1. The predicted octanol–water partition coefficient (Wildman–Crippen LogP) is 3.29. The summed E-state index contributed by atoms with van der Waals surface area (Å²) < 4.78 is 25.5. The van der Waals surface area contributed by atoms with Crippen LogP contribution in [0.1, 0.15) is 18.5 Å². The number of morpholine rings is 1. The van der Waals surface area contributed by atoms with Crippen molar-refractivity contribution in [3.63, 3.8) is 0 Å². The molecule has 0 N–H and O–H groups in total. The summed E-state index contributed by atoms with van der Waals surface area (Å²) in [6.45, 7) is 5.48. The fourth-order valence-corrected chi connectivity index (χ4v) is 3.85. The molecule has 0 spiro atoms. The summed E-state index contributed by atoms with van der Waals surface area (Å²) in [6.07, 6.45) is 3.19. The van der Waals surface area contributed by atoms with Gasteiger partial charge in [0.2, 0.25) is 0 Å². The lowest BCUT2D eigenvalue weighted by Gasteiger charge is -2.37. The van der Waals surface area contributed by atoms with Gasteiger partial charge in [-0.3, -0.25) is 4.98 Å². The van der Waals surface area contributed by atoms with Crippen LogP contribution in [0.25, 0.3) is 11.1 Å². The van der Waals surface area contributed by atoms with Gasteiger partial charge >= 0.3 is 6.03 Å². The number of benzene rings is 1. The van der Waals surface area contributed by atoms with E-state index >= 15 is 0 Å². The number of carbonyl (C=O) groups is 1. The molecule has 4 rings (SSSR count). The van der Waals surface area contributed by atoms with Crippen LogP contribution in [0.5, 0.6) is 5.75 Å². The van der Waals surface area contributed by atoms with Crippen LogP contribution in [0.4, 0.5) is 9.18 Å². The molecule has 0 saturated carbocycles. The first-order valence-corrected chi connectivity index (χ1v) is 10.0. The van der Waals surface area contributed by atoms with Crippen molar-refractivity contribution in [2.75, 3.05) is 39.4 Å². The number of hydrogen-bond acceptors (Lipinski definition) is 4. The van der Waals surface area contributed by atoms with E-state index in [-0.39, 0.29) is 12.1 Å². The Morgan fingerprint density at radius 1 is 1.31 bits per heavy atom. The fourth-order valence-electron chi connectivity index (χ4n) is 3.85. The Hall–Kier alpha value is -2.67. The third-order valence-corrected chi connectivity index (χ3v) is 5.37. The minimum absolute atomic E-state index is 0.0238. The molecular formula is C22H25FN3O3. The second-order valence-corrected chi connectivity index (χ2v) is 7.40. The first-order valence-electron chi connectivity index (χ1n) is 10.0. The highest BCUT2D eigenvalue weighted by molar-refractivity contribution is 5.75. The van der Waals surface area contributed by atoms with E-state index in [1.165, 1.54) is 12.1 Å². The zero-order valence-corrected chi connectivity index (χ0v) is 16.6. The highest BCUT2D eigenvalue weighted by Gasteiger charge is 2.29. The van der Waals surface area contributed by atoms with Gasteiger partial charge in [0.1, 0.15) is 17.7 Å². The number of amides is 2. The molecule has 2 aliphatic rings. The zero-order chi connectivity index (χ0) is 20.2. The second kappa shape index (κ2) is 8.78. The molecule has 1 aromatic carbocycles. The second-order valence-electron chi connectivity index (χ2n) is 7.40. The molecule has 2 aromatic rings. The Balaban J connectivity index is 1.51. The van der Waals surface area contributed by atoms with Crippen LogP contribution in [-0.2, 0) is 4.74 Å². The number of aromatic nitrogens is 1. The molecule has 2 fully saturated rings. The van der Waals surface area contributed by atoms with Crippen LogP contribution in [-0.4, -0.2) is 66.3 Å². The summed E-state index contributed by atoms with van der Waals surface area (Å²) in [5.74, 6) is 0.0362. The van der Waals surface area contributed by atoms with Gasteiger partial charge in [-0.2, -0.15) is 0 Å². The van der Waals surface area contributed by atoms with Crippen molar-refractivity contribution in [2.24, 2.45) is 0 Å². The van der Waals surface area contributed by atoms with Gasteiger partial charge in [0.25, 0.3) is 0 Å². The van der Waals surface area contributed by atoms with E-state index in [1.54, 1.807) is 6.20 Å². The van der Waals surface area contributed by atoms with Gasteiger partial charge in [0.15, 0.2) is 0 Å². The van der Waals surface area contributed by atoms with Crippen molar-refractivity contribution >= 4 is 6.03 Å². The van der Waals surface area contributed by atoms with E-state index in [4.69, 9.17) is 9.47 Å². The molecule has 2 aliphatic heterocycles. The van der Waals surface area contributed by atoms with Crippen molar-refractivity contribution in [1.29, 1.82) is 0 Å². The Labute approximate surface area is 170 Å². The van der Waals surface area contributed by atoms with Crippen LogP contribution < -0.4 is 4.74 Å². The van der Waals surface area contributed by atoms with Crippen molar-refractivity contribution in [2.45, 2.75) is 25.9 Å². The molecule has 153 valence electrons. The average Bonchev–Trinajstić information content (AvgIpc) is 2.75. The standard InChI is InChI=1S/C22H25FN3O3/c1-16-19(5-2-8-24-16)20-7-6-17(23)14-21(20)29-18-4-3-9-26(15-18)22(27)25-10-12-28-13-11-25/h2,5-6,8,14,18H,3-4,9-13,15H2,1H3. The van der Waals surface area contributed by atoms with Crippen molar-refractivity contribution in [3.8, 4) is 16.9 Å². The lowest BCUT2D eigenvalue weighted by atomic mass is 10.0. The number of carbonyl (C=O) groups excluding carboxylic acids is 1. The normalized spacial score (nSPS) is 19.9. The number of ether oxygens (including phenoxy) is 2. The summed E-state index contributed by atoms with van der Waals surface area (Å²) in [5.41, 5.74) is 2.38. The monoisotopic (exact) mass is 398 g/mol. The van der Waals surface area contributed by atoms with Crippen molar-refractivity contribution in [1.82, 2.24) is 14.8 Å². The Morgan fingerprint density at radius 3 is 2.93 bits per heavy atom. The van der Waals surface area contributed by atoms with Crippen LogP contribution >= 0.6 is 0 Å². The summed E-state index contributed by atoms with van der Waals surface area (Å²) >= 11 is 0. The molecule has 29 heavy (non-hydrogen) atoms. The molecule has 7 heteroatoms. The van der Waals surface area contributed by atoms with Crippen LogP contribution in [0.15, 0.2) is 30.5 Å². The highest BCUT2D eigenvalue weighted by Crippen LogP contribution is 2.33. The number of piperidine rings is 1. The van der Waals surface area contributed by atoms with Crippen molar-refractivity contribution < 1.29 is 18.7 Å². The number of halogens is 1. The Morgan fingerprint density at radius 2 is 2.14 bits per heavy atom. The van der Waals surface area contributed by atoms with Gasteiger partial charge < -0.3 is 19.3 Å². The van der Waals surface area contributed by atoms with Gasteiger partial charge in [-0.15, -0.1) is 0 Å². The van der Waals surface area contributed by atoms with Crippen LogP contribution in [0.2, 0.25) is 0 Å². The number of nitrogens with zero attached hydrogens (tertiary/aromatic N) is 3. The Kier molecular flexibility index (Phi) is 5.94. The summed E-state index contributed by atoms with van der Waals surface area (Å²) in [4.78, 5) is 20.8.